The highest BCUT2D eigenvalue weighted by Gasteiger charge is 2.47. The van der Waals surface area contributed by atoms with E-state index < -0.39 is 5.97 Å². The van der Waals surface area contributed by atoms with Crippen LogP contribution in [0.4, 0.5) is 0 Å². The summed E-state index contributed by atoms with van der Waals surface area (Å²) in [5.74, 6) is 0.316. The van der Waals surface area contributed by atoms with Crippen molar-refractivity contribution in [3.8, 4) is 17.0 Å². The average Bonchev–Trinajstić information content (AvgIpc) is 3.07. The number of esters is 1. The van der Waals surface area contributed by atoms with E-state index in [4.69, 9.17) is 25.8 Å². The third kappa shape index (κ3) is 3.95. The van der Waals surface area contributed by atoms with Crippen molar-refractivity contribution in [3.05, 3.63) is 50.8 Å². The number of carbonyl (C=O) groups excluding carboxylic acids is 1. The Balaban J connectivity index is 1.84. The molecule has 32 heavy (non-hydrogen) atoms. The molecule has 2 aliphatic rings. The monoisotopic (exact) mass is 459 g/mol. The highest BCUT2D eigenvalue weighted by atomic mass is 35.5. The number of carbonyl (C=O) groups is 1. The smallest absolute Gasteiger partial charge is 0.343 e. The van der Waals surface area contributed by atoms with Gasteiger partial charge in [0.05, 0.1) is 23.9 Å². The van der Waals surface area contributed by atoms with Crippen molar-refractivity contribution in [2.45, 2.75) is 52.0 Å². The molecule has 2 aromatic rings. The first-order valence-electron chi connectivity index (χ1n) is 11.2. The van der Waals surface area contributed by atoms with E-state index in [0.717, 1.165) is 36.1 Å². The second kappa shape index (κ2) is 8.91. The largest absolute Gasteiger partial charge is 0.492 e. The van der Waals surface area contributed by atoms with Gasteiger partial charge in [-0.05, 0) is 42.9 Å². The zero-order valence-corrected chi connectivity index (χ0v) is 19.8. The standard InChI is InChI=1S/C25H30ClNO5/c1-5-31-24(29)18-14-27-20(13-21(18)28)17-11-19(26)22(32-10-6-9-30-4)12-16(17)15-7-8-25(2,3)23(15)27/h11-15,23H,5-10H2,1-4H3/t15-,23+/m1/s1. The van der Waals surface area contributed by atoms with E-state index in [1.54, 1.807) is 26.3 Å². The number of nitrogens with zero attached hydrogens (tertiary/aromatic N) is 1. The number of fused-ring (bicyclic) bond motifs is 6. The number of methoxy groups -OCH3 is 1. The van der Waals surface area contributed by atoms with Gasteiger partial charge in [-0.25, -0.2) is 4.79 Å². The SMILES string of the molecule is CCOC(=O)c1cn2c(cc1=O)-c1cc(Cl)c(OCCCOC)cc1[C@H]1CCC(C)(C)[C@H]12. The summed E-state index contributed by atoms with van der Waals surface area (Å²) >= 11 is 6.58. The van der Waals surface area contributed by atoms with E-state index in [2.05, 4.69) is 18.4 Å². The molecule has 1 aliphatic carbocycles. The Labute approximate surface area is 193 Å². The summed E-state index contributed by atoms with van der Waals surface area (Å²) in [5.41, 5.74) is 2.58. The van der Waals surface area contributed by atoms with Crippen molar-refractivity contribution < 1.29 is 19.0 Å². The lowest BCUT2D eigenvalue weighted by Crippen LogP contribution is -2.32. The molecule has 1 fully saturated rings. The second-order valence-corrected chi connectivity index (χ2v) is 9.61. The molecule has 0 spiro atoms. The lowest BCUT2D eigenvalue weighted by atomic mass is 9.77. The number of hydrogen-bond donors (Lipinski definition) is 0. The molecule has 1 aliphatic heterocycles. The molecule has 2 atom stereocenters. The van der Waals surface area contributed by atoms with Crippen LogP contribution in [-0.4, -0.2) is 37.5 Å². The molecule has 0 N–H and O–H groups in total. The maximum atomic E-state index is 12.8. The first-order chi connectivity index (χ1) is 15.3. The van der Waals surface area contributed by atoms with Crippen LogP contribution in [0.5, 0.6) is 5.75 Å². The Bertz CT molecular complexity index is 1090. The van der Waals surface area contributed by atoms with E-state index in [0.29, 0.717) is 24.0 Å². The summed E-state index contributed by atoms with van der Waals surface area (Å²) in [6, 6.07) is 5.59. The molecule has 6 nitrogen and oxygen atoms in total. The van der Waals surface area contributed by atoms with Crippen LogP contribution in [0.2, 0.25) is 5.02 Å². The fourth-order valence-electron chi connectivity index (χ4n) is 5.23. The Hall–Kier alpha value is -2.31. The molecule has 4 rings (SSSR count). The predicted octanol–water partition coefficient (Wildman–Crippen LogP) is 5.22. The highest BCUT2D eigenvalue weighted by molar-refractivity contribution is 6.32. The predicted molar refractivity (Wildman–Crippen MR) is 124 cm³/mol. The summed E-state index contributed by atoms with van der Waals surface area (Å²) in [7, 11) is 1.67. The summed E-state index contributed by atoms with van der Waals surface area (Å²) < 4.78 is 18.3. The van der Waals surface area contributed by atoms with Gasteiger partial charge in [-0.2, -0.15) is 0 Å². The zero-order chi connectivity index (χ0) is 23.0. The molecule has 0 bridgehead atoms. The Morgan fingerprint density at radius 3 is 2.75 bits per heavy atom. The Morgan fingerprint density at radius 2 is 2.03 bits per heavy atom. The Morgan fingerprint density at radius 1 is 1.25 bits per heavy atom. The molecule has 1 aromatic carbocycles. The van der Waals surface area contributed by atoms with Crippen LogP contribution in [0.3, 0.4) is 0 Å². The maximum Gasteiger partial charge on any atom is 0.343 e. The fraction of sp³-hybridized carbons (Fsp3) is 0.520. The molecule has 0 radical (unpaired) electrons. The topological polar surface area (TPSA) is 66.8 Å². The van der Waals surface area contributed by atoms with E-state index in [1.165, 1.54) is 0 Å². The van der Waals surface area contributed by atoms with Gasteiger partial charge in [0.2, 0.25) is 0 Å². The molecule has 1 aromatic heterocycles. The van der Waals surface area contributed by atoms with Crippen molar-refractivity contribution >= 4 is 17.6 Å². The molecule has 172 valence electrons. The molecular formula is C25H30ClNO5. The third-order valence-electron chi connectivity index (χ3n) is 6.69. The van der Waals surface area contributed by atoms with Gasteiger partial charge >= 0.3 is 5.97 Å². The van der Waals surface area contributed by atoms with E-state index in [1.807, 2.05) is 12.1 Å². The minimum Gasteiger partial charge on any atom is -0.492 e. The van der Waals surface area contributed by atoms with Gasteiger partial charge in [0, 0.05) is 49.9 Å². The van der Waals surface area contributed by atoms with Gasteiger partial charge in [0.25, 0.3) is 0 Å². The van der Waals surface area contributed by atoms with Gasteiger partial charge in [-0.1, -0.05) is 25.4 Å². The van der Waals surface area contributed by atoms with Crippen molar-refractivity contribution in [1.82, 2.24) is 4.57 Å². The number of pyridine rings is 1. The average molecular weight is 460 g/mol. The maximum absolute atomic E-state index is 12.8. The van der Waals surface area contributed by atoms with E-state index in [-0.39, 0.29) is 35.0 Å². The van der Waals surface area contributed by atoms with Crippen LogP contribution in [0.25, 0.3) is 11.3 Å². The van der Waals surface area contributed by atoms with Crippen molar-refractivity contribution in [2.75, 3.05) is 26.9 Å². The lowest BCUT2D eigenvalue weighted by Gasteiger charge is -2.40. The molecule has 0 unspecified atom stereocenters. The second-order valence-electron chi connectivity index (χ2n) is 9.21. The molecule has 0 saturated heterocycles. The van der Waals surface area contributed by atoms with Crippen molar-refractivity contribution in [2.24, 2.45) is 5.41 Å². The number of aromatic nitrogens is 1. The summed E-state index contributed by atoms with van der Waals surface area (Å²) in [6.07, 6.45) is 4.51. The van der Waals surface area contributed by atoms with Gasteiger partial charge in [0.15, 0.2) is 5.43 Å². The minimum atomic E-state index is -0.580. The molecule has 2 heterocycles. The molecule has 1 saturated carbocycles. The van der Waals surface area contributed by atoms with E-state index >= 15 is 0 Å². The van der Waals surface area contributed by atoms with Gasteiger partial charge in [-0.3, -0.25) is 4.79 Å². The van der Waals surface area contributed by atoms with Crippen LogP contribution in [0.15, 0.2) is 29.2 Å². The zero-order valence-electron chi connectivity index (χ0n) is 19.1. The van der Waals surface area contributed by atoms with Gasteiger partial charge < -0.3 is 18.8 Å². The number of benzene rings is 1. The van der Waals surface area contributed by atoms with E-state index in [9.17, 15) is 9.59 Å². The summed E-state index contributed by atoms with van der Waals surface area (Å²) in [5, 5.41) is 0.505. The first-order valence-corrected chi connectivity index (χ1v) is 11.5. The molecule has 7 heteroatoms. The molecular weight excluding hydrogens is 430 g/mol. The van der Waals surface area contributed by atoms with Crippen LogP contribution in [0, 0.1) is 5.41 Å². The summed E-state index contributed by atoms with van der Waals surface area (Å²) in [6.45, 7) is 7.59. The van der Waals surface area contributed by atoms with Crippen LogP contribution in [0.1, 0.15) is 67.9 Å². The van der Waals surface area contributed by atoms with Crippen LogP contribution >= 0.6 is 11.6 Å². The quantitative estimate of drug-likeness (QED) is 0.419. The molecule has 0 amide bonds. The number of halogens is 1. The lowest BCUT2D eigenvalue weighted by molar-refractivity contribution is 0.0523. The van der Waals surface area contributed by atoms with Crippen molar-refractivity contribution in [1.29, 1.82) is 0 Å². The normalized spacial score (nSPS) is 20.3. The Kier molecular flexibility index (Phi) is 6.37. The van der Waals surface area contributed by atoms with Gasteiger partial charge in [-0.15, -0.1) is 0 Å². The summed E-state index contributed by atoms with van der Waals surface area (Å²) in [4.78, 5) is 25.3. The number of hydrogen-bond acceptors (Lipinski definition) is 5. The third-order valence-corrected chi connectivity index (χ3v) is 6.98. The van der Waals surface area contributed by atoms with Crippen LogP contribution in [-0.2, 0) is 9.47 Å². The first kappa shape index (κ1) is 22.9. The van der Waals surface area contributed by atoms with Crippen molar-refractivity contribution in [3.63, 3.8) is 0 Å². The highest BCUT2D eigenvalue weighted by Crippen LogP contribution is 2.59. The van der Waals surface area contributed by atoms with Crippen LogP contribution < -0.4 is 10.2 Å². The van der Waals surface area contributed by atoms with Gasteiger partial charge in [0.1, 0.15) is 11.3 Å². The minimum absolute atomic E-state index is 0.00275. The number of rotatable bonds is 7. The number of ether oxygens (including phenoxy) is 3. The fourth-order valence-corrected chi connectivity index (χ4v) is 5.44.